The molecule has 1 atom stereocenters. The van der Waals surface area contributed by atoms with Crippen molar-refractivity contribution in [2.24, 2.45) is 0 Å². The average Bonchev–Trinajstić information content (AvgIpc) is 2.77. The fourth-order valence-corrected chi connectivity index (χ4v) is 4.51. The van der Waals surface area contributed by atoms with Crippen LogP contribution in [0.15, 0.2) is 22.0 Å². The third-order valence-electron chi connectivity index (χ3n) is 3.09. The Hall–Kier alpha value is -0.420. The minimum absolute atomic E-state index is 0.314. The second-order valence-corrected chi connectivity index (χ2v) is 7.06. The van der Waals surface area contributed by atoms with Crippen LogP contribution < -0.4 is 9.47 Å². The van der Waals surface area contributed by atoms with E-state index in [1.807, 2.05) is 24.4 Å². The highest BCUT2D eigenvalue weighted by atomic mass is 79.9. The number of halogens is 3. The number of thiophene rings is 1. The van der Waals surface area contributed by atoms with Gasteiger partial charge in [0, 0.05) is 9.35 Å². The van der Waals surface area contributed by atoms with Crippen molar-refractivity contribution in [1.29, 1.82) is 0 Å². The van der Waals surface area contributed by atoms with Crippen LogP contribution in [-0.2, 0) is 0 Å². The molecule has 2 aromatic rings. The SMILES string of the molecule is Cc1csc(C(Cl)c2cc3c(cc2Br)OCCO3)c1Cl. The number of rotatable bonds is 2. The van der Waals surface area contributed by atoms with Gasteiger partial charge in [0.05, 0.1) is 10.4 Å². The van der Waals surface area contributed by atoms with E-state index in [0.29, 0.717) is 13.2 Å². The molecule has 0 spiro atoms. The minimum atomic E-state index is -0.314. The van der Waals surface area contributed by atoms with Gasteiger partial charge in [-0.25, -0.2) is 0 Å². The number of hydrogen-bond acceptors (Lipinski definition) is 3. The van der Waals surface area contributed by atoms with Crippen molar-refractivity contribution >= 4 is 50.5 Å². The summed E-state index contributed by atoms with van der Waals surface area (Å²) in [5, 5.41) is 2.43. The van der Waals surface area contributed by atoms with Crippen LogP contribution in [0.3, 0.4) is 0 Å². The van der Waals surface area contributed by atoms with Crippen LogP contribution in [0.1, 0.15) is 21.4 Å². The van der Waals surface area contributed by atoms with Crippen LogP contribution in [0, 0.1) is 6.92 Å². The molecule has 2 nitrogen and oxygen atoms in total. The van der Waals surface area contributed by atoms with Gasteiger partial charge < -0.3 is 9.47 Å². The van der Waals surface area contributed by atoms with Gasteiger partial charge in [0.1, 0.15) is 13.2 Å². The minimum Gasteiger partial charge on any atom is -0.486 e. The van der Waals surface area contributed by atoms with E-state index in [1.165, 1.54) is 0 Å². The van der Waals surface area contributed by atoms with Crippen LogP contribution in [-0.4, -0.2) is 13.2 Å². The van der Waals surface area contributed by atoms with E-state index >= 15 is 0 Å². The van der Waals surface area contributed by atoms with E-state index < -0.39 is 0 Å². The molecule has 1 aromatic carbocycles. The monoisotopic (exact) mass is 392 g/mol. The standard InChI is InChI=1S/C14H11BrCl2O2S/c1-7-6-20-14(12(7)16)13(17)8-4-10-11(5-9(8)15)19-3-2-18-10/h4-6,13H,2-3H2,1H3. The van der Waals surface area contributed by atoms with Crippen LogP contribution >= 0.6 is 50.5 Å². The van der Waals surface area contributed by atoms with Gasteiger partial charge in [-0.1, -0.05) is 27.5 Å². The number of alkyl halides is 1. The maximum Gasteiger partial charge on any atom is 0.162 e. The molecule has 3 rings (SSSR count). The largest absolute Gasteiger partial charge is 0.486 e. The van der Waals surface area contributed by atoms with E-state index in [-0.39, 0.29) is 5.38 Å². The molecule has 0 aliphatic carbocycles. The highest BCUT2D eigenvalue weighted by Crippen LogP contribution is 2.45. The molecule has 0 saturated carbocycles. The lowest BCUT2D eigenvalue weighted by atomic mass is 10.1. The van der Waals surface area contributed by atoms with Crippen LogP contribution in [0.5, 0.6) is 11.5 Å². The molecule has 0 saturated heterocycles. The second kappa shape index (κ2) is 5.76. The molecule has 20 heavy (non-hydrogen) atoms. The summed E-state index contributed by atoms with van der Waals surface area (Å²) in [6.07, 6.45) is 0. The van der Waals surface area contributed by atoms with Gasteiger partial charge in [-0.2, -0.15) is 0 Å². The Morgan fingerprint density at radius 1 is 1.25 bits per heavy atom. The molecule has 0 bridgehead atoms. The zero-order valence-electron chi connectivity index (χ0n) is 10.6. The molecule has 0 amide bonds. The molecule has 0 fully saturated rings. The summed E-state index contributed by atoms with van der Waals surface area (Å²) < 4.78 is 12.1. The molecule has 1 unspecified atom stereocenters. The smallest absolute Gasteiger partial charge is 0.162 e. The summed E-state index contributed by atoms with van der Waals surface area (Å²) in [6, 6.07) is 3.81. The summed E-state index contributed by atoms with van der Waals surface area (Å²) in [4.78, 5) is 0.947. The van der Waals surface area contributed by atoms with Crippen molar-refractivity contribution in [3.05, 3.63) is 43.0 Å². The van der Waals surface area contributed by atoms with Crippen LogP contribution in [0.25, 0.3) is 0 Å². The molecule has 1 aliphatic rings. The summed E-state index contributed by atoms with van der Waals surface area (Å²) in [5.74, 6) is 1.47. The van der Waals surface area contributed by atoms with Gasteiger partial charge in [-0.05, 0) is 35.6 Å². The summed E-state index contributed by atoms with van der Waals surface area (Å²) in [7, 11) is 0. The van der Waals surface area contributed by atoms with E-state index in [9.17, 15) is 0 Å². The van der Waals surface area contributed by atoms with Crippen molar-refractivity contribution in [3.63, 3.8) is 0 Å². The first-order valence-corrected chi connectivity index (χ1v) is 8.53. The number of fused-ring (bicyclic) bond motifs is 1. The molecule has 1 aromatic heterocycles. The van der Waals surface area contributed by atoms with Gasteiger partial charge in [0.25, 0.3) is 0 Å². The van der Waals surface area contributed by atoms with Gasteiger partial charge >= 0.3 is 0 Å². The molecule has 6 heteroatoms. The van der Waals surface area contributed by atoms with Crippen LogP contribution in [0.2, 0.25) is 5.02 Å². The van der Waals surface area contributed by atoms with Gasteiger partial charge in [-0.3, -0.25) is 0 Å². The lowest BCUT2D eigenvalue weighted by Crippen LogP contribution is -2.15. The summed E-state index contributed by atoms with van der Waals surface area (Å²) >= 11 is 18.0. The van der Waals surface area contributed by atoms with E-state index in [2.05, 4.69) is 15.9 Å². The fourth-order valence-electron chi connectivity index (χ4n) is 2.04. The highest BCUT2D eigenvalue weighted by Gasteiger charge is 2.23. The van der Waals surface area contributed by atoms with E-state index in [4.69, 9.17) is 32.7 Å². The Labute approximate surface area is 139 Å². The first kappa shape index (κ1) is 14.5. The quantitative estimate of drug-likeness (QED) is 0.620. The topological polar surface area (TPSA) is 18.5 Å². The summed E-state index contributed by atoms with van der Waals surface area (Å²) in [6.45, 7) is 3.10. The maximum atomic E-state index is 6.60. The molecule has 0 radical (unpaired) electrons. The van der Waals surface area contributed by atoms with E-state index in [0.717, 1.165) is 37.0 Å². The lowest BCUT2D eigenvalue weighted by molar-refractivity contribution is 0.171. The molecule has 106 valence electrons. The number of aryl methyl sites for hydroxylation is 1. The molecular formula is C14H11BrCl2O2S. The van der Waals surface area contributed by atoms with Crippen molar-refractivity contribution in [1.82, 2.24) is 0 Å². The highest BCUT2D eigenvalue weighted by molar-refractivity contribution is 9.10. The number of ether oxygens (including phenoxy) is 2. The Morgan fingerprint density at radius 3 is 2.50 bits per heavy atom. The maximum absolute atomic E-state index is 6.60. The van der Waals surface area contributed by atoms with Gasteiger partial charge in [0.15, 0.2) is 11.5 Å². The van der Waals surface area contributed by atoms with Crippen molar-refractivity contribution in [2.45, 2.75) is 12.3 Å². The second-order valence-electron chi connectivity index (χ2n) is 4.48. The molecule has 2 heterocycles. The van der Waals surface area contributed by atoms with Crippen LogP contribution in [0.4, 0.5) is 0 Å². The Bertz CT molecular complexity index is 657. The zero-order chi connectivity index (χ0) is 14.3. The Kier molecular flexibility index (Phi) is 4.18. The molecule has 0 N–H and O–H groups in total. The number of benzene rings is 1. The van der Waals surface area contributed by atoms with Crippen molar-refractivity contribution in [2.75, 3.05) is 13.2 Å². The Balaban J connectivity index is 2.03. The zero-order valence-corrected chi connectivity index (χ0v) is 14.5. The first-order chi connectivity index (χ1) is 9.58. The average molecular weight is 394 g/mol. The summed E-state index contributed by atoms with van der Waals surface area (Å²) in [5.41, 5.74) is 1.98. The third kappa shape index (κ3) is 2.54. The molecular weight excluding hydrogens is 383 g/mol. The third-order valence-corrected chi connectivity index (χ3v) is 6.14. The number of hydrogen-bond donors (Lipinski definition) is 0. The predicted octanol–water partition coefficient (Wildman–Crippen LogP) is 5.57. The van der Waals surface area contributed by atoms with Gasteiger partial charge in [-0.15, -0.1) is 22.9 Å². The van der Waals surface area contributed by atoms with E-state index in [1.54, 1.807) is 11.3 Å². The molecule has 1 aliphatic heterocycles. The normalized spacial score (nSPS) is 15.2. The lowest BCUT2D eigenvalue weighted by Gasteiger charge is -2.21. The fraction of sp³-hybridized carbons (Fsp3) is 0.286. The van der Waals surface area contributed by atoms with Gasteiger partial charge in [0.2, 0.25) is 0 Å². The van der Waals surface area contributed by atoms with Crippen molar-refractivity contribution < 1.29 is 9.47 Å². The van der Waals surface area contributed by atoms with Crippen molar-refractivity contribution in [3.8, 4) is 11.5 Å². The Morgan fingerprint density at radius 2 is 1.90 bits per heavy atom. The first-order valence-electron chi connectivity index (χ1n) is 6.04. The predicted molar refractivity (Wildman–Crippen MR) is 86.9 cm³/mol.